The molecule has 27 heavy (non-hydrogen) atoms. The smallest absolute Gasteiger partial charge is 0.294 e. The molecule has 0 saturated carbocycles. The second-order valence-corrected chi connectivity index (χ2v) is 7.31. The molecule has 2 aromatic heterocycles. The van der Waals surface area contributed by atoms with Crippen molar-refractivity contribution < 1.29 is 13.0 Å². The monoisotopic (exact) mass is 383 g/mol. The van der Waals surface area contributed by atoms with Gasteiger partial charge in [0.05, 0.1) is 16.0 Å². The molecule has 4 aromatic rings. The summed E-state index contributed by atoms with van der Waals surface area (Å²) in [7, 11) is -4.33. The van der Waals surface area contributed by atoms with Crippen LogP contribution < -0.4 is 11.1 Å². The molecular weight excluding hydrogens is 370 g/mol. The van der Waals surface area contributed by atoms with Gasteiger partial charge in [-0.3, -0.25) is 19.2 Å². The number of nitrogens with one attached hydrogen (secondary N) is 2. The van der Waals surface area contributed by atoms with Gasteiger partial charge in [0.2, 0.25) is 5.56 Å². The van der Waals surface area contributed by atoms with Crippen molar-refractivity contribution in [1.29, 1.82) is 0 Å². The first-order valence-corrected chi connectivity index (χ1v) is 9.30. The zero-order chi connectivity index (χ0) is 19.2. The van der Waals surface area contributed by atoms with Crippen LogP contribution in [0.25, 0.3) is 27.8 Å². The van der Waals surface area contributed by atoms with E-state index in [2.05, 4.69) is 10.1 Å². The third-order valence-electron chi connectivity index (χ3n) is 4.16. The lowest BCUT2D eigenvalue weighted by molar-refractivity contribution is 0.483. The van der Waals surface area contributed by atoms with E-state index >= 15 is 0 Å². The van der Waals surface area contributed by atoms with Crippen LogP contribution in [0.2, 0.25) is 0 Å². The first-order valence-electron chi connectivity index (χ1n) is 7.86. The fraction of sp³-hybridized carbons (Fsp3) is 0. The molecule has 0 amide bonds. The minimum absolute atomic E-state index is 0.255. The lowest BCUT2D eigenvalue weighted by atomic mass is 10.0. The summed E-state index contributed by atoms with van der Waals surface area (Å²) in [6.45, 7) is 0. The molecule has 0 aliphatic carbocycles. The predicted molar refractivity (Wildman–Crippen MR) is 99.8 cm³/mol. The highest BCUT2D eigenvalue weighted by Gasteiger charge is 2.16. The molecule has 0 spiro atoms. The summed E-state index contributed by atoms with van der Waals surface area (Å²) in [6.07, 6.45) is 0. The molecule has 0 bridgehead atoms. The second kappa shape index (κ2) is 6.08. The zero-order valence-electron chi connectivity index (χ0n) is 13.7. The zero-order valence-corrected chi connectivity index (χ0v) is 14.5. The third kappa shape index (κ3) is 2.98. The number of rotatable bonds is 3. The standard InChI is InChI=1S/C18H13N3O5S/c22-15-10-14(11-4-2-1-3-5-11)16-17(19-15)20-21(18(16)23)12-6-8-13(9-7-12)27(24,25)26/h1-10H,(H2,19,20,22)(H,24,25,26). The van der Waals surface area contributed by atoms with Crippen molar-refractivity contribution in [2.45, 2.75) is 4.90 Å². The van der Waals surface area contributed by atoms with Crippen molar-refractivity contribution in [3.8, 4) is 16.8 Å². The predicted octanol–water partition coefficient (Wildman–Crippen LogP) is 1.92. The summed E-state index contributed by atoms with van der Waals surface area (Å²) in [4.78, 5) is 27.3. The highest BCUT2D eigenvalue weighted by atomic mass is 32.2. The fourth-order valence-corrected chi connectivity index (χ4v) is 3.41. The Bertz CT molecular complexity index is 1360. The Morgan fingerprint density at radius 1 is 0.926 bits per heavy atom. The number of hydrogen-bond donors (Lipinski definition) is 3. The number of aromatic nitrogens is 3. The van der Waals surface area contributed by atoms with Crippen molar-refractivity contribution >= 4 is 21.2 Å². The Morgan fingerprint density at radius 3 is 2.22 bits per heavy atom. The maximum absolute atomic E-state index is 13.0. The van der Waals surface area contributed by atoms with E-state index in [0.29, 0.717) is 16.6 Å². The summed E-state index contributed by atoms with van der Waals surface area (Å²) in [6, 6.07) is 15.5. The van der Waals surface area contributed by atoms with Crippen LogP contribution >= 0.6 is 0 Å². The van der Waals surface area contributed by atoms with E-state index in [-0.39, 0.29) is 16.1 Å². The molecule has 0 saturated heterocycles. The van der Waals surface area contributed by atoms with E-state index in [4.69, 9.17) is 4.55 Å². The largest absolute Gasteiger partial charge is 0.307 e. The first-order chi connectivity index (χ1) is 12.8. The molecule has 0 aliphatic rings. The van der Waals surface area contributed by atoms with Gasteiger partial charge in [0.15, 0.2) is 0 Å². The average Bonchev–Trinajstić information content (AvgIpc) is 2.97. The van der Waals surface area contributed by atoms with Crippen LogP contribution in [-0.4, -0.2) is 27.7 Å². The van der Waals surface area contributed by atoms with Crippen molar-refractivity contribution in [3.63, 3.8) is 0 Å². The lowest BCUT2D eigenvalue weighted by Crippen LogP contribution is -2.15. The van der Waals surface area contributed by atoms with E-state index in [9.17, 15) is 18.0 Å². The van der Waals surface area contributed by atoms with Crippen molar-refractivity contribution in [2.24, 2.45) is 0 Å². The number of H-pyrrole nitrogens is 2. The fourth-order valence-electron chi connectivity index (χ4n) is 2.93. The quantitative estimate of drug-likeness (QED) is 0.466. The van der Waals surface area contributed by atoms with E-state index in [1.807, 2.05) is 18.2 Å². The van der Waals surface area contributed by atoms with Crippen LogP contribution in [0, 0.1) is 0 Å². The molecule has 2 aromatic carbocycles. The molecule has 0 fully saturated rings. The highest BCUT2D eigenvalue weighted by Crippen LogP contribution is 2.23. The van der Waals surface area contributed by atoms with Gasteiger partial charge >= 0.3 is 0 Å². The Morgan fingerprint density at radius 2 is 1.59 bits per heavy atom. The first kappa shape index (κ1) is 17.0. The second-order valence-electron chi connectivity index (χ2n) is 5.88. The normalized spacial score (nSPS) is 11.7. The third-order valence-corrected chi connectivity index (χ3v) is 5.03. The number of fused-ring (bicyclic) bond motifs is 1. The minimum Gasteiger partial charge on any atom is -0.307 e. The van der Waals surface area contributed by atoms with Crippen LogP contribution in [0.1, 0.15) is 0 Å². The Labute approximate surface area is 152 Å². The van der Waals surface area contributed by atoms with Gasteiger partial charge in [0.1, 0.15) is 5.65 Å². The van der Waals surface area contributed by atoms with Crippen LogP contribution in [0.4, 0.5) is 0 Å². The Balaban J connectivity index is 1.96. The molecule has 0 unspecified atom stereocenters. The average molecular weight is 383 g/mol. The van der Waals surface area contributed by atoms with Gasteiger partial charge in [-0.2, -0.15) is 8.42 Å². The molecule has 136 valence electrons. The van der Waals surface area contributed by atoms with Gasteiger partial charge in [0.25, 0.3) is 15.7 Å². The van der Waals surface area contributed by atoms with Gasteiger partial charge < -0.3 is 4.98 Å². The summed E-state index contributed by atoms with van der Waals surface area (Å²) >= 11 is 0. The van der Waals surface area contributed by atoms with Gasteiger partial charge in [-0.05, 0) is 29.8 Å². The van der Waals surface area contributed by atoms with Crippen molar-refractivity contribution in [3.05, 3.63) is 81.4 Å². The van der Waals surface area contributed by atoms with Crippen LogP contribution in [-0.2, 0) is 10.1 Å². The van der Waals surface area contributed by atoms with Gasteiger partial charge in [-0.1, -0.05) is 30.3 Å². The number of hydrogen-bond acceptors (Lipinski definition) is 4. The molecule has 4 rings (SSSR count). The maximum Gasteiger partial charge on any atom is 0.294 e. The lowest BCUT2D eigenvalue weighted by Gasteiger charge is -2.02. The Hall–Kier alpha value is -3.43. The highest BCUT2D eigenvalue weighted by molar-refractivity contribution is 7.85. The molecule has 9 heteroatoms. The molecule has 0 radical (unpaired) electrons. The van der Waals surface area contributed by atoms with E-state index in [0.717, 1.165) is 5.56 Å². The SMILES string of the molecule is O=c1cc(-c2ccccc2)c2c(=O)n(-c3ccc(S(=O)(=O)O)cc3)[nH]c2[nH]1. The Kier molecular flexibility index (Phi) is 3.83. The van der Waals surface area contributed by atoms with Crippen molar-refractivity contribution in [2.75, 3.05) is 0 Å². The number of aromatic amines is 2. The van der Waals surface area contributed by atoms with E-state index in [1.165, 1.54) is 35.0 Å². The molecule has 0 atom stereocenters. The molecular formula is C18H13N3O5S. The van der Waals surface area contributed by atoms with E-state index < -0.39 is 15.7 Å². The van der Waals surface area contributed by atoms with Gasteiger partial charge in [-0.15, -0.1) is 0 Å². The number of pyridine rings is 1. The van der Waals surface area contributed by atoms with E-state index in [1.54, 1.807) is 12.1 Å². The molecule has 8 nitrogen and oxygen atoms in total. The summed E-state index contributed by atoms with van der Waals surface area (Å²) < 4.78 is 32.6. The van der Waals surface area contributed by atoms with Crippen molar-refractivity contribution in [1.82, 2.24) is 14.8 Å². The molecule has 2 heterocycles. The topological polar surface area (TPSA) is 125 Å². The maximum atomic E-state index is 13.0. The summed E-state index contributed by atoms with van der Waals surface area (Å²) in [5.41, 5.74) is 1.05. The van der Waals surface area contributed by atoms with Gasteiger partial charge in [-0.25, -0.2) is 4.68 Å². The van der Waals surface area contributed by atoms with Crippen LogP contribution in [0.5, 0.6) is 0 Å². The van der Waals surface area contributed by atoms with Crippen LogP contribution in [0.3, 0.4) is 0 Å². The number of benzene rings is 2. The molecule has 3 N–H and O–H groups in total. The summed E-state index contributed by atoms with van der Waals surface area (Å²) in [5.74, 6) is 0. The van der Waals surface area contributed by atoms with Crippen LogP contribution in [0.15, 0.2) is 75.1 Å². The summed E-state index contributed by atoms with van der Waals surface area (Å²) in [5, 5.41) is 3.13. The van der Waals surface area contributed by atoms with Gasteiger partial charge in [0, 0.05) is 11.6 Å². The number of nitrogens with zero attached hydrogens (tertiary/aromatic N) is 1. The minimum atomic E-state index is -4.33. The molecule has 0 aliphatic heterocycles.